The zero-order chi connectivity index (χ0) is 42.9. The van der Waals surface area contributed by atoms with Gasteiger partial charge in [0, 0.05) is 64.4 Å². The number of urea groups is 1. The first-order valence-electron chi connectivity index (χ1n) is 19.2. The molecule has 1 fully saturated rings. The summed E-state index contributed by atoms with van der Waals surface area (Å²) >= 11 is 0. The smallest absolute Gasteiger partial charge is 0.410 e. The molecule has 0 aromatic heterocycles. The Bertz CT molecular complexity index is 1830. The van der Waals surface area contributed by atoms with Crippen LogP contribution in [0, 0.1) is 29.1 Å². The van der Waals surface area contributed by atoms with Crippen molar-refractivity contribution in [3.8, 4) is 12.3 Å². The average Bonchev–Trinajstić information content (AvgIpc) is 3.55. The molecule has 15 nitrogen and oxygen atoms in total. The van der Waals surface area contributed by atoms with Crippen molar-refractivity contribution in [3.63, 3.8) is 0 Å². The molecule has 57 heavy (non-hydrogen) atoms. The number of hydrogen-bond donors (Lipinski definition) is 3. The Morgan fingerprint density at radius 2 is 1.70 bits per heavy atom. The van der Waals surface area contributed by atoms with E-state index in [1.54, 1.807) is 25.7 Å². The van der Waals surface area contributed by atoms with Gasteiger partial charge in [0.05, 0.1) is 18.8 Å². The van der Waals surface area contributed by atoms with Gasteiger partial charge in [0.2, 0.25) is 21.7 Å². The summed E-state index contributed by atoms with van der Waals surface area (Å²) in [6, 6.07) is 4.01. The topological polar surface area (TPSA) is 192 Å². The van der Waals surface area contributed by atoms with Crippen molar-refractivity contribution in [2.75, 3.05) is 39.5 Å². The third-order valence-corrected chi connectivity index (χ3v) is 11.7. The lowest BCUT2D eigenvalue weighted by atomic mass is 9.85. The van der Waals surface area contributed by atoms with Gasteiger partial charge in [-0.2, -0.15) is 0 Å². The van der Waals surface area contributed by atoms with Crippen LogP contribution >= 0.6 is 0 Å². The number of nitrogens with zero attached hydrogens (tertiary/aromatic N) is 3. The number of nitrogens with one attached hydrogen (secondary N) is 3. The second kappa shape index (κ2) is 19.6. The first-order valence-corrected chi connectivity index (χ1v) is 21.0. The van der Waals surface area contributed by atoms with E-state index in [-0.39, 0.29) is 38.9 Å². The Kier molecular flexibility index (Phi) is 16.0. The number of ketones is 2. The summed E-state index contributed by atoms with van der Waals surface area (Å²) in [6.07, 6.45) is 6.76. The standard InChI is InChI=1S/C41H60N6O9S/c1-11-13-16-28(34(49)36(50)42-20-12-2)22-32(48)31-23-30(56-39(53)46-21-19-27-17-14-15-18-29(27)24-46)25-47(31)37(51)35(41(6,7)8)44-38(52)43-33(40(3,4)5)26-45(9)57(10,54)55/h1,12,14-15,17-18,28,30-31,33,35H,2,13,16,19-26H2,3-10H3,(H,42,50)(H2,43,44,52)/t28?,30?,31-,33+,35+/m0/s1. The highest BCUT2D eigenvalue weighted by atomic mass is 32.2. The van der Waals surface area contributed by atoms with Gasteiger partial charge >= 0.3 is 12.1 Å². The van der Waals surface area contributed by atoms with E-state index in [9.17, 15) is 37.2 Å². The molecular weight excluding hydrogens is 753 g/mol. The SMILES string of the molecule is C#CCCC(CC(=O)[C@@H]1CC(OC(=O)N2CCc3ccccc3C2)CN1C(=O)[C@@H](NC(=O)N[C@H](CN(C)S(C)(=O)=O)C(C)(C)C)C(C)(C)C)C(=O)C(=O)NCC=C. The number of likely N-dealkylation sites (tertiary alicyclic amines) is 1. The molecule has 3 rings (SSSR count). The van der Waals surface area contributed by atoms with Gasteiger partial charge in [0.1, 0.15) is 12.1 Å². The second-order valence-electron chi connectivity index (χ2n) is 17.0. The normalized spacial score (nSPS) is 18.7. The van der Waals surface area contributed by atoms with Gasteiger partial charge in [0.25, 0.3) is 5.91 Å². The summed E-state index contributed by atoms with van der Waals surface area (Å²) in [5, 5.41) is 8.05. The molecule has 16 heteroatoms. The quantitative estimate of drug-likeness (QED) is 0.128. The first kappa shape index (κ1) is 46.6. The van der Waals surface area contributed by atoms with Crippen molar-refractivity contribution in [1.29, 1.82) is 0 Å². The van der Waals surface area contributed by atoms with E-state index in [2.05, 4.69) is 28.4 Å². The minimum atomic E-state index is -3.57. The van der Waals surface area contributed by atoms with Gasteiger partial charge in [-0.3, -0.25) is 19.2 Å². The maximum atomic E-state index is 14.6. The largest absolute Gasteiger partial charge is 0.444 e. The van der Waals surface area contributed by atoms with E-state index in [1.165, 1.54) is 18.0 Å². The molecule has 2 heterocycles. The Morgan fingerprint density at radius 1 is 1.05 bits per heavy atom. The van der Waals surface area contributed by atoms with Gasteiger partial charge in [-0.25, -0.2) is 22.3 Å². The average molecular weight is 813 g/mol. The van der Waals surface area contributed by atoms with Crippen LogP contribution in [0.4, 0.5) is 9.59 Å². The summed E-state index contributed by atoms with van der Waals surface area (Å²) in [6.45, 7) is 14.9. The number of amides is 5. The molecule has 3 N–H and O–H groups in total. The van der Waals surface area contributed by atoms with Crippen molar-refractivity contribution in [2.45, 2.75) is 104 Å². The number of carbonyl (C=O) groups is 6. The van der Waals surface area contributed by atoms with Crippen LogP contribution in [0.2, 0.25) is 0 Å². The lowest BCUT2D eigenvalue weighted by molar-refractivity contribution is -0.143. The second-order valence-corrected chi connectivity index (χ2v) is 19.1. The molecule has 5 amide bonds. The Hall–Kier alpha value is -4.75. The molecule has 0 radical (unpaired) electrons. The molecule has 0 saturated carbocycles. The van der Waals surface area contributed by atoms with Gasteiger partial charge < -0.3 is 30.5 Å². The van der Waals surface area contributed by atoms with Crippen molar-refractivity contribution in [3.05, 3.63) is 48.0 Å². The maximum absolute atomic E-state index is 14.6. The predicted molar refractivity (Wildman–Crippen MR) is 216 cm³/mol. The molecule has 1 aromatic rings. The number of rotatable bonds is 16. The van der Waals surface area contributed by atoms with Crippen LogP contribution in [-0.4, -0.2) is 122 Å². The number of ether oxygens (including phenoxy) is 1. The number of fused-ring (bicyclic) bond motifs is 1. The molecular formula is C41H60N6O9S. The van der Waals surface area contributed by atoms with E-state index in [1.807, 2.05) is 45.0 Å². The molecule has 2 aliphatic heterocycles. The van der Waals surface area contributed by atoms with E-state index in [0.717, 1.165) is 21.7 Å². The van der Waals surface area contributed by atoms with Crippen LogP contribution in [0.25, 0.3) is 0 Å². The number of carbonyl (C=O) groups excluding carboxylic acids is 6. The van der Waals surface area contributed by atoms with Crippen LogP contribution in [0.3, 0.4) is 0 Å². The minimum Gasteiger partial charge on any atom is -0.444 e. The molecule has 314 valence electrons. The molecule has 0 bridgehead atoms. The molecule has 1 saturated heterocycles. The zero-order valence-electron chi connectivity index (χ0n) is 34.6. The monoisotopic (exact) mass is 812 g/mol. The summed E-state index contributed by atoms with van der Waals surface area (Å²) < 4.78 is 31.5. The predicted octanol–water partition coefficient (Wildman–Crippen LogP) is 3.03. The van der Waals surface area contributed by atoms with Crippen LogP contribution in [0.5, 0.6) is 0 Å². The van der Waals surface area contributed by atoms with Crippen LogP contribution < -0.4 is 16.0 Å². The van der Waals surface area contributed by atoms with Crippen molar-refractivity contribution < 1.29 is 41.9 Å². The van der Waals surface area contributed by atoms with Gasteiger partial charge in [0.15, 0.2) is 5.78 Å². The van der Waals surface area contributed by atoms with Crippen LogP contribution in [0.1, 0.15) is 78.4 Å². The fraction of sp³-hybridized carbons (Fsp3) is 0.610. The Morgan fingerprint density at radius 3 is 2.28 bits per heavy atom. The van der Waals surface area contributed by atoms with Crippen molar-refractivity contribution in [1.82, 2.24) is 30.1 Å². The first-order chi connectivity index (χ1) is 26.5. The number of benzene rings is 1. The molecule has 0 aliphatic carbocycles. The molecule has 5 atom stereocenters. The lowest BCUT2D eigenvalue weighted by Crippen LogP contribution is -2.61. The third kappa shape index (κ3) is 13.1. The lowest BCUT2D eigenvalue weighted by Gasteiger charge is -2.37. The summed E-state index contributed by atoms with van der Waals surface area (Å²) in [7, 11) is -2.16. The number of terminal acetylenes is 1. The highest BCUT2D eigenvalue weighted by Gasteiger charge is 2.47. The summed E-state index contributed by atoms with van der Waals surface area (Å²) in [4.78, 5) is 84.8. The summed E-state index contributed by atoms with van der Waals surface area (Å²) in [5.41, 5.74) is 0.629. The fourth-order valence-corrected chi connectivity index (χ4v) is 7.19. The van der Waals surface area contributed by atoms with Crippen LogP contribution in [-0.2, 0) is 46.9 Å². The highest BCUT2D eigenvalue weighted by Crippen LogP contribution is 2.31. The fourth-order valence-electron chi connectivity index (χ4n) is 6.77. The van der Waals surface area contributed by atoms with E-state index in [0.29, 0.717) is 19.5 Å². The number of hydrogen-bond acceptors (Lipinski definition) is 9. The molecule has 1 aromatic carbocycles. The van der Waals surface area contributed by atoms with Crippen LogP contribution in [0.15, 0.2) is 36.9 Å². The molecule has 2 unspecified atom stereocenters. The number of likely N-dealkylation sites (N-methyl/N-ethyl adjacent to an activating group) is 1. The summed E-state index contributed by atoms with van der Waals surface area (Å²) in [5.74, 6) is -1.51. The molecule has 0 spiro atoms. The van der Waals surface area contributed by atoms with Crippen molar-refractivity contribution >= 4 is 45.5 Å². The zero-order valence-corrected chi connectivity index (χ0v) is 35.4. The van der Waals surface area contributed by atoms with Crippen molar-refractivity contribution in [2.24, 2.45) is 16.7 Å². The van der Waals surface area contributed by atoms with Gasteiger partial charge in [-0.05, 0) is 34.8 Å². The number of Topliss-reactive ketones (excluding diaryl/α,β-unsaturated/α-hetero) is 2. The van der Waals surface area contributed by atoms with E-state index in [4.69, 9.17) is 11.2 Å². The Balaban J connectivity index is 1.92. The van der Waals surface area contributed by atoms with E-state index < -0.39 is 92.9 Å². The third-order valence-electron chi connectivity index (χ3n) is 10.4. The van der Waals surface area contributed by atoms with E-state index >= 15 is 0 Å². The van der Waals surface area contributed by atoms with Gasteiger partial charge in [-0.15, -0.1) is 18.9 Å². The number of sulfonamides is 1. The highest BCUT2D eigenvalue weighted by molar-refractivity contribution is 7.88. The van der Waals surface area contributed by atoms with Gasteiger partial charge in [-0.1, -0.05) is 71.9 Å². The minimum absolute atomic E-state index is 0.0343. The maximum Gasteiger partial charge on any atom is 0.410 e. The molecule has 2 aliphatic rings. The Labute approximate surface area is 337 Å².